The van der Waals surface area contributed by atoms with Crippen molar-refractivity contribution in [3.05, 3.63) is 70.4 Å². The summed E-state index contributed by atoms with van der Waals surface area (Å²) in [7, 11) is 0. The number of hydrogen-bond acceptors (Lipinski definition) is 4. The van der Waals surface area contributed by atoms with Gasteiger partial charge in [-0.05, 0) is 66.1 Å². The molecule has 4 rings (SSSR count). The first-order valence-corrected chi connectivity index (χ1v) is 10.2. The Kier molecular flexibility index (Phi) is 5.51. The number of halogens is 3. The lowest BCUT2D eigenvalue weighted by Crippen LogP contribution is -2.15. The van der Waals surface area contributed by atoms with Crippen LogP contribution < -0.4 is 4.74 Å². The first-order chi connectivity index (χ1) is 14.3. The molecule has 3 aromatic rings. The Balaban J connectivity index is 1.54. The molecule has 1 N–H and O–H groups in total. The van der Waals surface area contributed by atoms with E-state index in [9.17, 15) is 23.1 Å². The minimum absolute atomic E-state index is 0.179. The van der Waals surface area contributed by atoms with Gasteiger partial charge in [0.1, 0.15) is 10.6 Å². The maximum Gasteiger partial charge on any atom is 0.425 e. The van der Waals surface area contributed by atoms with Crippen molar-refractivity contribution in [3.63, 3.8) is 0 Å². The molecule has 0 spiro atoms. The largest absolute Gasteiger partial charge is 0.493 e. The molecule has 156 valence electrons. The third-order valence-corrected chi connectivity index (χ3v) is 6.42. The second-order valence-electron chi connectivity index (χ2n) is 7.12. The Labute approximate surface area is 175 Å². The number of hydrogen-bond donors (Lipinski definition) is 1. The molecule has 8 heteroatoms. The van der Waals surface area contributed by atoms with E-state index < -0.39 is 17.0 Å². The molecule has 4 nitrogen and oxygen atoms in total. The molecule has 0 aliphatic carbocycles. The van der Waals surface area contributed by atoms with Crippen LogP contribution in [0.5, 0.6) is 5.75 Å². The maximum atomic E-state index is 12.9. The zero-order valence-electron chi connectivity index (χ0n) is 15.8. The first kappa shape index (κ1) is 20.4. The van der Waals surface area contributed by atoms with Crippen LogP contribution in [0.25, 0.3) is 10.4 Å². The van der Waals surface area contributed by atoms with Gasteiger partial charge in [-0.1, -0.05) is 12.1 Å². The number of aromatic carboxylic acids is 1. The van der Waals surface area contributed by atoms with Crippen LogP contribution in [0, 0.1) is 0 Å². The molecule has 30 heavy (non-hydrogen) atoms. The number of thiophene rings is 1. The fourth-order valence-corrected chi connectivity index (χ4v) is 4.60. The quantitative estimate of drug-likeness (QED) is 0.534. The fraction of sp³-hybridized carbons (Fsp3) is 0.273. The number of ether oxygens (including phenoxy) is 1. The molecule has 0 radical (unpaired) electrons. The smallest absolute Gasteiger partial charge is 0.425 e. The summed E-state index contributed by atoms with van der Waals surface area (Å²) in [5.41, 5.74) is 2.63. The van der Waals surface area contributed by atoms with Crippen LogP contribution in [0.1, 0.15) is 45.1 Å². The Morgan fingerprint density at radius 3 is 2.80 bits per heavy atom. The van der Waals surface area contributed by atoms with E-state index in [4.69, 9.17) is 4.74 Å². The van der Waals surface area contributed by atoms with Crippen LogP contribution in [0.4, 0.5) is 13.2 Å². The summed E-state index contributed by atoms with van der Waals surface area (Å²) in [6.07, 6.45) is 0.807. The molecule has 1 aliphatic rings. The van der Waals surface area contributed by atoms with Crippen LogP contribution in [0.15, 0.2) is 48.8 Å². The topological polar surface area (TPSA) is 59.4 Å². The second-order valence-corrected chi connectivity index (χ2v) is 8.21. The van der Waals surface area contributed by atoms with Crippen molar-refractivity contribution < 1.29 is 27.8 Å². The van der Waals surface area contributed by atoms with Gasteiger partial charge in [-0.15, -0.1) is 11.3 Å². The van der Waals surface area contributed by atoms with Gasteiger partial charge < -0.3 is 9.84 Å². The lowest BCUT2D eigenvalue weighted by Gasteiger charge is -2.26. The summed E-state index contributed by atoms with van der Waals surface area (Å²) < 4.78 is 44.4. The Morgan fingerprint density at radius 1 is 1.23 bits per heavy atom. The number of alkyl halides is 3. The van der Waals surface area contributed by atoms with Crippen molar-refractivity contribution in [2.75, 3.05) is 6.61 Å². The minimum atomic E-state index is -4.35. The summed E-state index contributed by atoms with van der Waals surface area (Å²) in [6, 6.07) is 9.59. The summed E-state index contributed by atoms with van der Waals surface area (Å²) in [5, 5.41) is 9.33. The van der Waals surface area contributed by atoms with Crippen molar-refractivity contribution in [2.24, 2.45) is 0 Å². The van der Waals surface area contributed by atoms with Crippen molar-refractivity contribution >= 4 is 17.3 Å². The maximum absolute atomic E-state index is 12.9. The third-order valence-electron chi connectivity index (χ3n) is 5.24. The van der Waals surface area contributed by atoms with Gasteiger partial charge in [0.05, 0.1) is 12.2 Å². The average molecular weight is 433 g/mol. The van der Waals surface area contributed by atoms with Gasteiger partial charge >= 0.3 is 12.1 Å². The number of rotatable bonds is 5. The minimum Gasteiger partial charge on any atom is -0.493 e. The summed E-state index contributed by atoms with van der Waals surface area (Å²) in [5.74, 6) is -0.118. The predicted octanol–water partition coefficient (Wildman–Crippen LogP) is 6.03. The summed E-state index contributed by atoms with van der Waals surface area (Å²) in [6.45, 7) is 0.512. The van der Waals surface area contributed by atoms with Crippen molar-refractivity contribution in [3.8, 4) is 16.2 Å². The molecular formula is C22H18F3NO3S. The molecule has 0 saturated heterocycles. The van der Waals surface area contributed by atoms with Gasteiger partial charge in [-0.2, -0.15) is 13.2 Å². The zero-order chi connectivity index (χ0) is 21.3. The van der Waals surface area contributed by atoms with E-state index in [1.165, 1.54) is 18.3 Å². The molecule has 1 aliphatic heterocycles. The van der Waals surface area contributed by atoms with Crippen LogP contribution in [0.3, 0.4) is 0 Å². The number of benzene rings is 1. The van der Waals surface area contributed by atoms with Crippen LogP contribution in [0.2, 0.25) is 0 Å². The SMILES string of the molecule is O=C(O)c1ccncc1CC[C@H]1CCOc2cc(-c3ccc(C(F)(F)F)s3)ccc21. The van der Waals surface area contributed by atoms with Crippen LogP contribution >= 0.6 is 11.3 Å². The fourth-order valence-electron chi connectivity index (χ4n) is 3.73. The molecule has 1 atom stereocenters. The third kappa shape index (κ3) is 4.18. The number of carboxylic acid groups (broad SMARTS) is 1. The molecule has 0 fully saturated rings. The van der Waals surface area contributed by atoms with Crippen molar-refractivity contribution in [1.29, 1.82) is 0 Å². The number of pyridine rings is 1. The van der Waals surface area contributed by atoms with E-state index in [1.807, 2.05) is 12.1 Å². The normalized spacial score (nSPS) is 16.0. The average Bonchev–Trinajstić information content (AvgIpc) is 3.23. The highest BCUT2D eigenvalue weighted by molar-refractivity contribution is 7.15. The molecule has 3 heterocycles. The van der Waals surface area contributed by atoms with Gasteiger partial charge in [-0.3, -0.25) is 4.98 Å². The molecule has 1 aromatic carbocycles. The van der Waals surface area contributed by atoms with Crippen molar-refractivity contribution in [2.45, 2.75) is 31.4 Å². The molecule has 0 saturated carbocycles. The van der Waals surface area contributed by atoms with Crippen LogP contribution in [-0.2, 0) is 12.6 Å². The van der Waals surface area contributed by atoms with Crippen LogP contribution in [-0.4, -0.2) is 22.7 Å². The predicted molar refractivity (Wildman–Crippen MR) is 107 cm³/mol. The van der Waals surface area contributed by atoms with E-state index >= 15 is 0 Å². The number of fused-ring (bicyclic) bond motifs is 1. The molecule has 0 amide bonds. The van der Waals surface area contributed by atoms with E-state index in [2.05, 4.69) is 4.98 Å². The highest BCUT2D eigenvalue weighted by atomic mass is 32.1. The molecule has 0 bridgehead atoms. The first-order valence-electron chi connectivity index (χ1n) is 9.43. The molecular weight excluding hydrogens is 415 g/mol. The lowest BCUT2D eigenvalue weighted by atomic mass is 9.87. The number of aryl methyl sites for hydroxylation is 1. The zero-order valence-corrected chi connectivity index (χ0v) is 16.6. The molecule has 2 aromatic heterocycles. The van der Waals surface area contributed by atoms with Gasteiger partial charge in [0.15, 0.2) is 0 Å². The van der Waals surface area contributed by atoms with E-state index in [-0.39, 0.29) is 11.5 Å². The summed E-state index contributed by atoms with van der Waals surface area (Å²) in [4.78, 5) is 15.3. The van der Waals surface area contributed by atoms with E-state index in [0.717, 1.165) is 24.5 Å². The van der Waals surface area contributed by atoms with Crippen molar-refractivity contribution in [1.82, 2.24) is 4.98 Å². The second kappa shape index (κ2) is 8.10. The Hall–Kier alpha value is -2.87. The number of carbonyl (C=O) groups is 1. The lowest BCUT2D eigenvalue weighted by molar-refractivity contribution is -0.134. The molecule has 0 unspecified atom stereocenters. The highest BCUT2D eigenvalue weighted by Crippen LogP contribution is 2.42. The standard InChI is InChI=1S/C22H18F3NO3S/c23-22(24,25)20-6-5-19(30-20)14-3-4-16-13(8-10-29-18(16)11-14)1-2-15-12-26-9-7-17(15)21(27)28/h3-7,9,11-13H,1-2,8,10H2,(H,27,28)/t13-/m0/s1. The highest BCUT2D eigenvalue weighted by Gasteiger charge is 2.32. The van der Waals surface area contributed by atoms with Gasteiger partial charge in [-0.25, -0.2) is 4.79 Å². The van der Waals surface area contributed by atoms with Gasteiger partial charge in [0.25, 0.3) is 0 Å². The number of nitrogens with zero attached hydrogens (tertiary/aromatic N) is 1. The number of aromatic nitrogens is 1. The Bertz CT molecular complexity index is 1080. The number of carboxylic acids is 1. The monoisotopic (exact) mass is 433 g/mol. The van der Waals surface area contributed by atoms with E-state index in [0.29, 0.717) is 46.1 Å². The van der Waals surface area contributed by atoms with Gasteiger partial charge in [0, 0.05) is 17.3 Å². The van der Waals surface area contributed by atoms with Gasteiger partial charge in [0.2, 0.25) is 0 Å². The Morgan fingerprint density at radius 2 is 2.07 bits per heavy atom. The summed E-state index contributed by atoms with van der Waals surface area (Å²) >= 11 is 0.713. The van der Waals surface area contributed by atoms with E-state index in [1.54, 1.807) is 12.3 Å².